The molecule has 3 heterocycles. The van der Waals surface area contributed by atoms with Crippen molar-refractivity contribution < 1.29 is 13.7 Å². The number of benzene rings is 1. The molecule has 0 spiro atoms. The van der Waals surface area contributed by atoms with Crippen LogP contribution in [0.1, 0.15) is 49.1 Å². The number of aromatic nitrogens is 2. The predicted molar refractivity (Wildman–Crippen MR) is 110 cm³/mol. The second-order valence-electron chi connectivity index (χ2n) is 7.53. The van der Waals surface area contributed by atoms with Gasteiger partial charge in [0.2, 0.25) is 5.82 Å². The molecule has 0 unspecified atom stereocenters. The van der Waals surface area contributed by atoms with Crippen LogP contribution in [0.2, 0.25) is 0 Å². The van der Waals surface area contributed by atoms with E-state index in [-0.39, 0.29) is 17.8 Å². The molecule has 1 amide bonds. The topological polar surface area (TPSA) is 84.4 Å². The molecule has 2 aromatic heterocycles. The van der Waals surface area contributed by atoms with Crippen LogP contribution in [0, 0.1) is 0 Å². The molecule has 1 aromatic carbocycles. The van der Waals surface area contributed by atoms with Crippen LogP contribution in [0.3, 0.4) is 0 Å². The van der Waals surface area contributed by atoms with E-state index in [0.29, 0.717) is 12.2 Å². The van der Waals surface area contributed by atoms with E-state index < -0.39 is 0 Å². The molecule has 1 atom stereocenters. The van der Waals surface area contributed by atoms with Gasteiger partial charge in [-0.1, -0.05) is 18.0 Å². The van der Waals surface area contributed by atoms with Crippen molar-refractivity contribution in [2.45, 2.75) is 45.1 Å². The Labute approximate surface area is 170 Å². The van der Waals surface area contributed by atoms with E-state index in [1.807, 2.05) is 31.2 Å². The molecule has 0 bridgehead atoms. The Balaban J connectivity index is 1.38. The van der Waals surface area contributed by atoms with Crippen LogP contribution in [-0.2, 0) is 6.42 Å². The lowest BCUT2D eigenvalue weighted by molar-refractivity contribution is 0.0895. The highest BCUT2D eigenvalue weighted by atomic mass is 16.5. The van der Waals surface area contributed by atoms with Crippen LogP contribution in [0.15, 0.2) is 51.6 Å². The molecular weight excluding hydrogens is 368 g/mol. The summed E-state index contributed by atoms with van der Waals surface area (Å²) < 4.78 is 10.5. The molecule has 0 aliphatic carbocycles. The third-order valence-electron chi connectivity index (χ3n) is 5.18. The van der Waals surface area contributed by atoms with Crippen LogP contribution in [0.4, 0.5) is 5.69 Å². The van der Waals surface area contributed by atoms with Gasteiger partial charge in [0.1, 0.15) is 5.76 Å². The predicted octanol–water partition coefficient (Wildman–Crippen LogP) is 4.07. The molecule has 3 aromatic rings. The van der Waals surface area contributed by atoms with Gasteiger partial charge >= 0.3 is 11.8 Å². The van der Waals surface area contributed by atoms with Crippen LogP contribution >= 0.6 is 0 Å². The number of hydrogen-bond acceptors (Lipinski definition) is 6. The van der Waals surface area contributed by atoms with Crippen molar-refractivity contribution in [3.8, 4) is 11.4 Å². The summed E-state index contributed by atoms with van der Waals surface area (Å²) >= 11 is 0. The lowest BCUT2D eigenvalue weighted by Crippen LogP contribution is -2.34. The molecule has 1 aliphatic heterocycles. The van der Waals surface area contributed by atoms with Crippen LogP contribution < -0.4 is 10.2 Å². The Morgan fingerprint density at radius 1 is 1.14 bits per heavy atom. The minimum Gasteiger partial charge on any atom is -0.469 e. The van der Waals surface area contributed by atoms with E-state index in [0.717, 1.165) is 24.4 Å². The minimum absolute atomic E-state index is 0.0390. The second-order valence-corrected chi connectivity index (χ2v) is 7.53. The first kappa shape index (κ1) is 19.2. The highest BCUT2D eigenvalue weighted by Gasteiger charge is 2.19. The number of hydrogen-bond donors (Lipinski definition) is 1. The fraction of sp³-hybridized carbons (Fsp3) is 0.409. The van der Waals surface area contributed by atoms with Gasteiger partial charge in [0.15, 0.2) is 0 Å². The maximum Gasteiger partial charge on any atom is 0.316 e. The molecule has 1 saturated heterocycles. The van der Waals surface area contributed by atoms with Gasteiger partial charge in [0.05, 0.1) is 6.26 Å². The maximum atomic E-state index is 12.4. The summed E-state index contributed by atoms with van der Waals surface area (Å²) in [5, 5.41) is 6.82. The number of carbonyl (C=O) groups excluding carboxylic acids is 1. The maximum absolute atomic E-state index is 12.4. The van der Waals surface area contributed by atoms with Gasteiger partial charge in [-0.2, -0.15) is 4.98 Å². The first-order valence-electron chi connectivity index (χ1n) is 10.2. The number of furan rings is 1. The molecule has 4 rings (SSSR count). The summed E-state index contributed by atoms with van der Waals surface area (Å²) in [4.78, 5) is 19.1. The Morgan fingerprint density at radius 2 is 1.90 bits per heavy atom. The average Bonchev–Trinajstić information content (AvgIpc) is 3.35. The summed E-state index contributed by atoms with van der Waals surface area (Å²) in [5.74, 6) is 0.802. The first-order valence-corrected chi connectivity index (χ1v) is 10.2. The highest BCUT2D eigenvalue weighted by Crippen LogP contribution is 2.23. The zero-order valence-corrected chi connectivity index (χ0v) is 16.6. The van der Waals surface area contributed by atoms with Gasteiger partial charge in [-0.25, -0.2) is 0 Å². The third-order valence-corrected chi connectivity index (χ3v) is 5.18. The number of carbonyl (C=O) groups is 1. The van der Waals surface area contributed by atoms with Crippen molar-refractivity contribution in [2.24, 2.45) is 0 Å². The third kappa shape index (κ3) is 4.85. The Kier molecular flexibility index (Phi) is 5.93. The molecule has 1 N–H and O–H groups in total. The summed E-state index contributed by atoms with van der Waals surface area (Å²) in [5.41, 5.74) is 2.04. The number of rotatable bonds is 6. The molecule has 7 nitrogen and oxygen atoms in total. The molecule has 7 heteroatoms. The van der Waals surface area contributed by atoms with E-state index in [9.17, 15) is 4.79 Å². The van der Waals surface area contributed by atoms with Crippen molar-refractivity contribution in [2.75, 3.05) is 18.0 Å². The monoisotopic (exact) mass is 394 g/mol. The molecule has 1 fully saturated rings. The zero-order chi connectivity index (χ0) is 20.1. The molecule has 152 valence electrons. The van der Waals surface area contributed by atoms with E-state index in [1.165, 1.54) is 31.4 Å². The van der Waals surface area contributed by atoms with Crippen molar-refractivity contribution in [3.63, 3.8) is 0 Å². The largest absolute Gasteiger partial charge is 0.469 e. The van der Waals surface area contributed by atoms with Gasteiger partial charge in [-0.05, 0) is 56.2 Å². The molecule has 29 heavy (non-hydrogen) atoms. The number of anilines is 1. The quantitative estimate of drug-likeness (QED) is 0.678. The van der Waals surface area contributed by atoms with E-state index >= 15 is 0 Å². The van der Waals surface area contributed by atoms with Crippen LogP contribution in [0.5, 0.6) is 0 Å². The van der Waals surface area contributed by atoms with Crippen LogP contribution in [-0.4, -0.2) is 35.2 Å². The number of nitrogens with one attached hydrogen (secondary N) is 1. The molecular formula is C22H26N4O3. The van der Waals surface area contributed by atoms with Gasteiger partial charge in [0.25, 0.3) is 0 Å². The standard InChI is InChI=1S/C22H26N4O3/c1-16(15-19-7-6-14-28-19)23-21(27)22-24-20(25-29-22)17-8-10-18(11-9-17)26-12-4-2-3-5-13-26/h6-11,14,16H,2-5,12-13,15H2,1H3,(H,23,27)/t16-/m0/s1. The molecule has 1 aliphatic rings. The smallest absolute Gasteiger partial charge is 0.316 e. The normalized spacial score (nSPS) is 15.7. The first-order chi connectivity index (χ1) is 14.2. The van der Waals surface area contributed by atoms with Gasteiger partial charge in [-0.3, -0.25) is 4.79 Å². The fourth-order valence-electron chi connectivity index (χ4n) is 3.65. The van der Waals surface area contributed by atoms with Crippen molar-refractivity contribution >= 4 is 11.6 Å². The lowest BCUT2D eigenvalue weighted by Gasteiger charge is -2.22. The van der Waals surface area contributed by atoms with Crippen molar-refractivity contribution in [3.05, 3.63) is 54.3 Å². The Bertz CT molecular complexity index is 910. The van der Waals surface area contributed by atoms with Crippen molar-refractivity contribution in [1.29, 1.82) is 0 Å². The van der Waals surface area contributed by atoms with E-state index in [1.54, 1.807) is 6.26 Å². The highest BCUT2D eigenvalue weighted by molar-refractivity contribution is 5.90. The number of amides is 1. The number of nitrogens with zero attached hydrogens (tertiary/aromatic N) is 3. The van der Waals surface area contributed by atoms with Gasteiger partial charge < -0.3 is 19.2 Å². The fourth-order valence-corrected chi connectivity index (χ4v) is 3.65. The minimum atomic E-state index is -0.385. The molecule has 0 radical (unpaired) electrons. The zero-order valence-electron chi connectivity index (χ0n) is 16.6. The van der Waals surface area contributed by atoms with Gasteiger partial charge in [-0.15, -0.1) is 0 Å². The summed E-state index contributed by atoms with van der Waals surface area (Å²) in [6.07, 6.45) is 7.31. The van der Waals surface area contributed by atoms with Gasteiger partial charge in [0, 0.05) is 36.8 Å². The summed E-state index contributed by atoms with van der Waals surface area (Å²) in [6, 6.07) is 11.7. The second kappa shape index (κ2) is 8.94. The SMILES string of the molecule is C[C@@H](Cc1ccco1)NC(=O)c1nc(-c2ccc(N3CCCCCC3)cc2)no1. The van der Waals surface area contributed by atoms with E-state index in [4.69, 9.17) is 8.94 Å². The Morgan fingerprint density at radius 3 is 2.59 bits per heavy atom. The average molecular weight is 394 g/mol. The summed E-state index contributed by atoms with van der Waals surface area (Å²) in [6.45, 7) is 4.10. The molecule has 0 saturated carbocycles. The summed E-state index contributed by atoms with van der Waals surface area (Å²) in [7, 11) is 0. The van der Waals surface area contributed by atoms with Crippen molar-refractivity contribution in [1.82, 2.24) is 15.5 Å². The van der Waals surface area contributed by atoms with E-state index in [2.05, 4.69) is 32.5 Å². The van der Waals surface area contributed by atoms with Crippen LogP contribution in [0.25, 0.3) is 11.4 Å². The lowest BCUT2D eigenvalue weighted by atomic mass is 10.2. The Hall–Kier alpha value is -3.09.